The van der Waals surface area contributed by atoms with E-state index in [1.165, 1.54) is 6.07 Å². The fraction of sp³-hybridized carbons (Fsp3) is 0.462. The normalized spacial score (nSPS) is 12.2. The number of aliphatic hydroxyl groups excluding tert-OH is 1. The number of carbonyl (C=O) groups excluding carboxylic acids is 1. The highest BCUT2D eigenvalue weighted by molar-refractivity contribution is 5.97. The minimum atomic E-state index is -0.348. The minimum absolute atomic E-state index is 0.0347. The Labute approximate surface area is 101 Å². The Morgan fingerprint density at radius 2 is 2.12 bits per heavy atom. The first kappa shape index (κ1) is 13.5. The van der Waals surface area contributed by atoms with Crippen molar-refractivity contribution in [1.82, 2.24) is 5.32 Å². The second-order valence-electron chi connectivity index (χ2n) is 3.97. The van der Waals surface area contributed by atoms with Gasteiger partial charge in [0.2, 0.25) is 0 Å². The molecule has 3 N–H and O–H groups in total. The number of rotatable bonds is 5. The summed E-state index contributed by atoms with van der Waals surface area (Å²) in [6, 6.07) is 4.71. The summed E-state index contributed by atoms with van der Waals surface area (Å²) in [6.07, 6.45) is 1.45. The topological polar surface area (TPSA) is 69.6 Å². The lowest BCUT2D eigenvalue weighted by Gasteiger charge is -2.15. The van der Waals surface area contributed by atoms with Crippen LogP contribution < -0.4 is 5.32 Å². The highest BCUT2D eigenvalue weighted by Crippen LogP contribution is 2.19. The predicted octanol–water partition coefficient (Wildman–Crippen LogP) is 1.46. The molecule has 0 aliphatic rings. The third-order valence-corrected chi connectivity index (χ3v) is 2.76. The van der Waals surface area contributed by atoms with Gasteiger partial charge in [0.05, 0.1) is 18.2 Å². The summed E-state index contributed by atoms with van der Waals surface area (Å²) in [5.74, 6) is -0.383. The molecule has 0 radical (unpaired) electrons. The number of aryl methyl sites for hydroxylation is 1. The molecule has 0 aromatic heterocycles. The van der Waals surface area contributed by atoms with Gasteiger partial charge in [-0.05, 0) is 30.5 Å². The molecule has 0 bridgehead atoms. The first-order valence-electron chi connectivity index (χ1n) is 5.85. The molecule has 0 aliphatic carbocycles. The van der Waals surface area contributed by atoms with E-state index in [0.717, 1.165) is 12.0 Å². The first-order valence-corrected chi connectivity index (χ1v) is 5.85. The van der Waals surface area contributed by atoms with Crippen molar-refractivity contribution in [1.29, 1.82) is 0 Å². The van der Waals surface area contributed by atoms with Crippen LogP contribution in [0.5, 0.6) is 5.75 Å². The first-order chi connectivity index (χ1) is 8.12. The monoisotopic (exact) mass is 237 g/mol. The molecule has 4 nitrogen and oxygen atoms in total. The third kappa shape index (κ3) is 3.46. The zero-order chi connectivity index (χ0) is 12.8. The van der Waals surface area contributed by atoms with E-state index in [1.807, 2.05) is 13.8 Å². The summed E-state index contributed by atoms with van der Waals surface area (Å²) in [4.78, 5) is 11.9. The molecule has 1 aromatic rings. The van der Waals surface area contributed by atoms with Crippen LogP contribution in [0.3, 0.4) is 0 Å². The second-order valence-corrected chi connectivity index (χ2v) is 3.97. The molecule has 0 spiro atoms. The van der Waals surface area contributed by atoms with Gasteiger partial charge in [-0.25, -0.2) is 0 Å². The maximum absolute atomic E-state index is 11.9. The lowest BCUT2D eigenvalue weighted by Crippen LogP contribution is -2.36. The Morgan fingerprint density at radius 3 is 2.65 bits per heavy atom. The van der Waals surface area contributed by atoms with Crippen molar-refractivity contribution in [3.63, 3.8) is 0 Å². The number of aliphatic hydroxyl groups is 1. The Bertz CT molecular complexity index is 386. The Hall–Kier alpha value is -1.55. The van der Waals surface area contributed by atoms with E-state index in [9.17, 15) is 9.90 Å². The number of carbonyl (C=O) groups is 1. The van der Waals surface area contributed by atoms with Gasteiger partial charge in [-0.1, -0.05) is 19.9 Å². The van der Waals surface area contributed by atoms with Gasteiger partial charge in [0, 0.05) is 0 Å². The molecule has 94 valence electrons. The van der Waals surface area contributed by atoms with Gasteiger partial charge < -0.3 is 15.5 Å². The molecule has 0 saturated carbocycles. The summed E-state index contributed by atoms with van der Waals surface area (Å²) in [7, 11) is 0. The van der Waals surface area contributed by atoms with E-state index in [2.05, 4.69) is 5.32 Å². The molecular formula is C13H19NO3. The van der Waals surface area contributed by atoms with Crippen LogP contribution in [0.1, 0.15) is 36.2 Å². The zero-order valence-electron chi connectivity index (χ0n) is 10.2. The quantitative estimate of drug-likeness (QED) is 0.726. The molecule has 1 amide bonds. The van der Waals surface area contributed by atoms with Gasteiger partial charge >= 0.3 is 0 Å². The Kier molecular flexibility index (Phi) is 4.97. The van der Waals surface area contributed by atoms with Crippen molar-refractivity contribution in [2.24, 2.45) is 0 Å². The van der Waals surface area contributed by atoms with Crippen molar-refractivity contribution in [3.05, 3.63) is 29.3 Å². The molecule has 0 heterocycles. The smallest absolute Gasteiger partial charge is 0.255 e. The van der Waals surface area contributed by atoms with Crippen LogP contribution in [0.15, 0.2) is 18.2 Å². The number of hydrogen-bond acceptors (Lipinski definition) is 3. The summed E-state index contributed by atoms with van der Waals surface area (Å²) in [5, 5.41) is 21.3. The predicted molar refractivity (Wildman–Crippen MR) is 66.1 cm³/mol. The number of aromatic hydroxyl groups is 1. The minimum Gasteiger partial charge on any atom is -0.507 e. The van der Waals surface area contributed by atoms with E-state index < -0.39 is 0 Å². The molecule has 0 aliphatic heterocycles. The molecule has 1 unspecified atom stereocenters. The molecule has 1 aromatic carbocycles. The maximum Gasteiger partial charge on any atom is 0.255 e. The van der Waals surface area contributed by atoms with Crippen LogP contribution >= 0.6 is 0 Å². The van der Waals surface area contributed by atoms with Crippen molar-refractivity contribution in [2.75, 3.05) is 6.61 Å². The molecule has 4 heteroatoms. The summed E-state index contributed by atoms with van der Waals surface area (Å²) >= 11 is 0. The number of phenolic OH excluding ortho intramolecular Hbond substituents is 1. The van der Waals surface area contributed by atoms with Crippen LogP contribution in [0.2, 0.25) is 0 Å². The fourth-order valence-corrected chi connectivity index (χ4v) is 1.52. The van der Waals surface area contributed by atoms with Gasteiger partial charge in [0.1, 0.15) is 5.75 Å². The Balaban J connectivity index is 2.87. The van der Waals surface area contributed by atoms with Crippen LogP contribution in [0, 0.1) is 0 Å². The van der Waals surface area contributed by atoms with Gasteiger partial charge in [-0.2, -0.15) is 0 Å². The Morgan fingerprint density at radius 1 is 1.41 bits per heavy atom. The number of benzene rings is 1. The molecule has 1 rings (SSSR count). The fourth-order valence-electron chi connectivity index (χ4n) is 1.52. The van der Waals surface area contributed by atoms with E-state index >= 15 is 0 Å². The molecule has 17 heavy (non-hydrogen) atoms. The lowest BCUT2D eigenvalue weighted by atomic mass is 10.1. The summed E-state index contributed by atoms with van der Waals surface area (Å²) in [5.41, 5.74) is 1.25. The highest BCUT2D eigenvalue weighted by Gasteiger charge is 2.15. The molecule has 1 atom stereocenters. The van der Waals surface area contributed by atoms with Gasteiger partial charge in [0.15, 0.2) is 0 Å². The number of hydrogen-bond donors (Lipinski definition) is 3. The van der Waals surface area contributed by atoms with Crippen LogP contribution in [-0.4, -0.2) is 28.8 Å². The molecular weight excluding hydrogens is 218 g/mol. The van der Waals surface area contributed by atoms with E-state index in [4.69, 9.17) is 5.11 Å². The summed E-state index contributed by atoms with van der Waals surface area (Å²) in [6.45, 7) is 3.76. The van der Waals surface area contributed by atoms with Crippen LogP contribution in [0.25, 0.3) is 0 Å². The van der Waals surface area contributed by atoms with Crippen LogP contribution in [-0.2, 0) is 6.42 Å². The third-order valence-electron chi connectivity index (χ3n) is 2.76. The average molecular weight is 237 g/mol. The van der Waals surface area contributed by atoms with Crippen molar-refractivity contribution < 1.29 is 15.0 Å². The maximum atomic E-state index is 11.9. The standard InChI is InChI=1S/C13H19NO3/c1-3-9-5-6-12(16)11(7-9)13(17)14-10(4-2)8-15/h5-7,10,15-16H,3-4,8H2,1-2H3,(H,14,17). The van der Waals surface area contributed by atoms with E-state index in [-0.39, 0.29) is 29.9 Å². The lowest BCUT2D eigenvalue weighted by molar-refractivity contribution is 0.0912. The molecule has 0 saturated heterocycles. The number of amides is 1. The van der Waals surface area contributed by atoms with Gasteiger partial charge in [0.25, 0.3) is 5.91 Å². The summed E-state index contributed by atoms with van der Waals surface area (Å²) < 4.78 is 0. The van der Waals surface area contributed by atoms with Crippen molar-refractivity contribution in [2.45, 2.75) is 32.7 Å². The number of nitrogens with one attached hydrogen (secondary N) is 1. The average Bonchev–Trinajstić information content (AvgIpc) is 2.36. The van der Waals surface area contributed by atoms with Gasteiger partial charge in [-0.3, -0.25) is 4.79 Å². The van der Waals surface area contributed by atoms with Crippen molar-refractivity contribution in [3.8, 4) is 5.75 Å². The largest absolute Gasteiger partial charge is 0.507 e. The van der Waals surface area contributed by atoms with Crippen molar-refractivity contribution >= 4 is 5.91 Å². The number of phenols is 1. The van der Waals surface area contributed by atoms with Crippen LogP contribution in [0.4, 0.5) is 0 Å². The second kappa shape index (κ2) is 6.25. The SMILES string of the molecule is CCc1ccc(O)c(C(=O)NC(CC)CO)c1. The van der Waals surface area contributed by atoms with E-state index in [1.54, 1.807) is 12.1 Å². The van der Waals surface area contributed by atoms with E-state index in [0.29, 0.717) is 6.42 Å². The molecule has 0 fully saturated rings. The highest BCUT2D eigenvalue weighted by atomic mass is 16.3. The van der Waals surface area contributed by atoms with Gasteiger partial charge in [-0.15, -0.1) is 0 Å². The zero-order valence-corrected chi connectivity index (χ0v) is 10.2.